The number of hydrogen-bond donors (Lipinski definition) is 1. The molecule has 1 N–H and O–H groups in total. The van der Waals surface area contributed by atoms with Gasteiger partial charge in [-0.1, -0.05) is 17.7 Å². The summed E-state index contributed by atoms with van der Waals surface area (Å²) in [5.74, 6) is 0.397. The van der Waals surface area contributed by atoms with Crippen molar-refractivity contribution >= 4 is 55.4 Å². The first-order chi connectivity index (χ1) is 14.1. The van der Waals surface area contributed by atoms with Gasteiger partial charge in [0.2, 0.25) is 10.0 Å². The minimum absolute atomic E-state index is 0.327. The zero-order valence-corrected chi connectivity index (χ0v) is 19.9. The van der Waals surface area contributed by atoms with Crippen molar-refractivity contribution in [3.8, 4) is 11.5 Å². The number of halogens is 2. The smallest absolute Gasteiger partial charge is 0.260 e. The van der Waals surface area contributed by atoms with Gasteiger partial charge in [-0.05, 0) is 58.2 Å². The van der Waals surface area contributed by atoms with Crippen LogP contribution in [0.3, 0.4) is 0 Å². The standard InChI is InChI=1S/C19H21BrClN3O5S/c1-12-5-6-14(21)9-16(12)24(30(4,26)27)11-18(25)23-22-10-13-7-15(20)19(29-3)17(8-13)28-2/h5-10H,11H2,1-4H3,(H,23,25)/b22-10+. The maximum absolute atomic E-state index is 12.3. The van der Waals surface area contributed by atoms with Crippen molar-refractivity contribution in [2.75, 3.05) is 31.3 Å². The molecule has 2 rings (SSSR count). The summed E-state index contributed by atoms with van der Waals surface area (Å²) in [5, 5.41) is 4.26. The van der Waals surface area contributed by atoms with Gasteiger partial charge in [0.05, 0.1) is 36.9 Å². The molecule has 0 saturated carbocycles. The lowest BCUT2D eigenvalue weighted by Gasteiger charge is -2.23. The van der Waals surface area contributed by atoms with Crippen molar-refractivity contribution in [2.45, 2.75) is 6.92 Å². The Balaban J connectivity index is 2.17. The average molecular weight is 519 g/mol. The van der Waals surface area contributed by atoms with Gasteiger partial charge in [-0.2, -0.15) is 5.10 Å². The first-order valence-corrected chi connectivity index (χ1v) is 11.6. The Bertz CT molecular complexity index is 1080. The van der Waals surface area contributed by atoms with Crippen molar-refractivity contribution in [3.63, 3.8) is 0 Å². The van der Waals surface area contributed by atoms with E-state index in [2.05, 4.69) is 26.5 Å². The number of nitrogens with one attached hydrogen (secondary N) is 1. The van der Waals surface area contributed by atoms with E-state index in [1.807, 2.05) is 0 Å². The lowest BCUT2D eigenvalue weighted by molar-refractivity contribution is -0.119. The van der Waals surface area contributed by atoms with Gasteiger partial charge < -0.3 is 9.47 Å². The summed E-state index contributed by atoms with van der Waals surface area (Å²) in [7, 11) is -0.702. The molecule has 2 aromatic carbocycles. The molecule has 0 fully saturated rings. The fraction of sp³-hybridized carbons (Fsp3) is 0.263. The van der Waals surface area contributed by atoms with E-state index in [1.165, 1.54) is 26.5 Å². The zero-order valence-electron chi connectivity index (χ0n) is 16.8. The normalized spacial score (nSPS) is 11.4. The average Bonchev–Trinajstić information content (AvgIpc) is 2.66. The molecule has 0 aliphatic heterocycles. The van der Waals surface area contributed by atoms with Crippen LogP contribution < -0.4 is 19.2 Å². The number of carbonyl (C=O) groups is 1. The van der Waals surface area contributed by atoms with Crippen LogP contribution in [-0.4, -0.2) is 47.6 Å². The summed E-state index contributed by atoms with van der Waals surface area (Å²) in [6.07, 6.45) is 2.42. The molecule has 11 heteroatoms. The molecule has 0 aliphatic carbocycles. The Morgan fingerprint density at radius 2 is 1.97 bits per heavy atom. The Labute approximate surface area is 189 Å². The topological polar surface area (TPSA) is 97.3 Å². The molecule has 8 nitrogen and oxygen atoms in total. The van der Waals surface area contributed by atoms with Gasteiger partial charge in [0.25, 0.3) is 5.91 Å². The Kier molecular flexibility index (Phi) is 8.10. The number of rotatable bonds is 8. The van der Waals surface area contributed by atoms with Crippen molar-refractivity contribution in [3.05, 3.63) is 51.0 Å². The predicted octanol–water partition coefficient (Wildman–Crippen LogP) is 3.34. The van der Waals surface area contributed by atoms with Gasteiger partial charge >= 0.3 is 0 Å². The second-order valence-electron chi connectivity index (χ2n) is 6.23. The van der Waals surface area contributed by atoms with Crippen LogP contribution in [0.2, 0.25) is 5.02 Å². The molecule has 0 radical (unpaired) electrons. The number of anilines is 1. The fourth-order valence-corrected chi connectivity index (χ4v) is 4.28. The van der Waals surface area contributed by atoms with Crippen LogP contribution in [0.4, 0.5) is 5.69 Å². The number of hydrogen-bond acceptors (Lipinski definition) is 6. The van der Waals surface area contributed by atoms with E-state index in [9.17, 15) is 13.2 Å². The third-order valence-electron chi connectivity index (χ3n) is 3.99. The highest BCUT2D eigenvalue weighted by Gasteiger charge is 2.22. The molecule has 0 heterocycles. The number of hydrazone groups is 1. The summed E-state index contributed by atoms with van der Waals surface area (Å²) in [6.45, 7) is 1.28. The van der Waals surface area contributed by atoms with Gasteiger partial charge in [-0.25, -0.2) is 13.8 Å². The van der Waals surface area contributed by atoms with E-state index >= 15 is 0 Å². The van der Waals surface area contributed by atoms with Crippen molar-refractivity contribution in [2.24, 2.45) is 5.10 Å². The van der Waals surface area contributed by atoms with Gasteiger partial charge in [-0.15, -0.1) is 0 Å². The van der Waals surface area contributed by atoms with E-state index < -0.39 is 22.5 Å². The van der Waals surface area contributed by atoms with Gasteiger partial charge in [-0.3, -0.25) is 9.10 Å². The molecule has 0 aromatic heterocycles. The number of ether oxygens (including phenoxy) is 2. The summed E-state index contributed by atoms with van der Waals surface area (Å²) >= 11 is 9.36. The first-order valence-electron chi connectivity index (χ1n) is 8.54. The highest BCUT2D eigenvalue weighted by Crippen LogP contribution is 2.35. The molecule has 0 aliphatic rings. The van der Waals surface area contributed by atoms with Crippen LogP contribution in [0.25, 0.3) is 0 Å². The summed E-state index contributed by atoms with van der Waals surface area (Å²) in [5.41, 5.74) is 3.95. The summed E-state index contributed by atoms with van der Waals surface area (Å²) in [6, 6.07) is 8.23. The van der Waals surface area contributed by atoms with Crippen LogP contribution in [0, 0.1) is 6.92 Å². The molecular weight excluding hydrogens is 498 g/mol. The minimum atomic E-state index is -3.73. The van der Waals surface area contributed by atoms with Gasteiger partial charge in [0.15, 0.2) is 11.5 Å². The molecule has 1 amide bonds. The number of amides is 1. The molecule has 0 bridgehead atoms. The Hall–Kier alpha value is -2.30. The third kappa shape index (κ3) is 6.10. The highest BCUT2D eigenvalue weighted by atomic mass is 79.9. The number of aryl methyl sites for hydroxylation is 1. The molecule has 30 heavy (non-hydrogen) atoms. The SMILES string of the molecule is COc1cc(/C=N/NC(=O)CN(c2cc(Cl)ccc2C)S(C)(=O)=O)cc(Br)c1OC. The molecule has 0 spiro atoms. The van der Waals surface area contributed by atoms with Crippen molar-refractivity contribution < 1.29 is 22.7 Å². The monoisotopic (exact) mass is 517 g/mol. The number of carbonyl (C=O) groups excluding carboxylic acids is 1. The first kappa shape index (κ1) is 24.0. The largest absolute Gasteiger partial charge is 0.493 e. The molecular formula is C19H21BrClN3O5S. The summed E-state index contributed by atoms with van der Waals surface area (Å²) < 4.78 is 36.6. The second-order valence-corrected chi connectivity index (χ2v) is 9.43. The maximum atomic E-state index is 12.3. The lowest BCUT2D eigenvalue weighted by atomic mass is 10.2. The number of sulfonamides is 1. The Morgan fingerprint density at radius 1 is 1.27 bits per heavy atom. The predicted molar refractivity (Wildman–Crippen MR) is 121 cm³/mol. The number of benzene rings is 2. The van der Waals surface area contributed by atoms with E-state index in [0.29, 0.717) is 37.8 Å². The van der Waals surface area contributed by atoms with Crippen LogP contribution in [0.1, 0.15) is 11.1 Å². The van der Waals surface area contributed by atoms with Crippen molar-refractivity contribution in [1.82, 2.24) is 5.43 Å². The Morgan fingerprint density at radius 3 is 2.57 bits per heavy atom. The number of methoxy groups -OCH3 is 2. The molecule has 2 aromatic rings. The second kappa shape index (κ2) is 10.1. The van der Waals surface area contributed by atoms with Crippen LogP contribution in [0.15, 0.2) is 39.9 Å². The van der Waals surface area contributed by atoms with E-state index in [0.717, 1.165) is 10.6 Å². The fourth-order valence-electron chi connectivity index (χ4n) is 2.59. The zero-order chi connectivity index (χ0) is 22.5. The quantitative estimate of drug-likeness (QED) is 0.427. The lowest BCUT2D eigenvalue weighted by Crippen LogP contribution is -2.39. The molecule has 162 valence electrons. The molecule has 0 atom stereocenters. The van der Waals surface area contributed by atoms with E-state index in [-0.39, 0.29) is 0 Å². The van der Waals surface area contributed by atoms with Crippen LogP contribution >= 0.6 is 27.5 Å². The molecule has 0 saturated heterocycles. The maximum Gasteiger partial charge on any atom is 0.260 e. The molecule has 0 unspecified atom stereocenters. The minimum Gasteiger partial charge on any atom is -0.493 e. The number of nitrogens with zero attached hydrogens (tertiary/aromatic N) is 2. The summed E-state index contributed by atoms with van der Waals surface area (Å²) in [4.78, 5) is 12.3. The van der Waals surface area contributed by atoms with Gasteiger partial charge in [0, 0.05) is 5.02 Å². The van der Waals surface area contributed by atoms with Gasteiger partial charge in [0.1, 0.15) is 6.54 Å². The van der Waals surface area contributed by atoms with Crippen LogP contribution in [0.5, 0.6) is 11.5 Å². The highest BCUT2D eigenvalue weighted by molar-refractivity contribution is 9.10. The van der Waals surface area contributed by atoms with Crippen molar-refractivity contribution in [1.29, 1.82) is 0 Å². The van der Waals surface area contributed by atoms with E-state index in [1.54, 1.807) is 31.2 Å². The van der Waals surface area contributed by atoms with E-state index in [4.69, 9.17) is 21.1 Å². The third-order valence-corrected chi connectivity index (χ3v) is 5.94. The van der Waals surface area contributed by atoms with Crippen LogP contribution in [-0.2, 0) is 14.8 Å².